The van der Waals surface area contributed by atoms with E-state index in [-0.39, 0.29) is 35.9 Å². The highest BCUT2D eigenvalue weighted by molar-refractivity contribution is 5.93. The van der Waals surface area contributed by atoms with Crippen LogP contribution in [0.4, 0.5) is 4.79 Å². The van der Waals surface area contributed by atoms with Crippen LogP contribution < -0.4 is 10.2 Å². The molecule has 0 bridgehead atoms. The second-order valence-corrected chi connectivity index (χ2v) is 14.4. The van der Waals surface area contributed by atoms with Gasteiger partial charge in [0, 0.05) is 43.1 Å². The van der Waals surface area contributed by atoms with E-state index in [0.717, 1.165) is 46.9 Å². The topological polar surface area (TPSA) is 101 Å². The number of benzene rings is 3. The number of ether oxygens (including phenoxy) is 2. The number of nitrogens with one attached hydrogen (secondary N) is 1. The summed E-state index contributed by atoms with van der Waals surface area (Å²) in [5.41, 5.74) is 3.84. The third kappa shape index (κ3) is 10.0. The minimum atomic E-state index is -0.984. The normalized spacial score (nSPS) is 16.6. The molecule has 0 aliphatic carbocycles. The Bertz CT molecular complexity index is 1520. The van der Waals surface area contributed by atoms with Crippen molar-refractivity contribution in [3.63, 3.8) is 0 Å². The molecule has 2 atom stereocenters. The van der Waals surface area contributed by atoms with Gasteiger partial charge >= 0.3 is 6.09 Å². The molecule has 1 heterocycles. The molecule has 1 saturated heterocycles. The van der Waals surface area contributed by atoms with Gasteiger partial charge in [-0.1, -0.05) is 89.2 Å². The number of hydrogen-bond donors (Lipinski definition) is 2. The van der Waals surface area contributed by atoms with Gasteiger partial charge in [0.1, 0.15) is 12.4 Å². The monoisotopic (exact) mass is 645 g/mol. The lowest BCUT2D eigenvalue weighted by atomic mass is 9.69. The fraction of sp³-hybridized carbons (Fsp3) is 0.474. The first-order valence-corrected chi connectivity index (χ1v) is 16.4. The minimum absolute atomic E-state index is 0.149. The third-order valence-corrected chi connectivity index (χ3v) is 8.34. The first-order valence-electron chi connectivity index (χ1n) is 16.4. The fourth-order valence-electron chi connectivity index (χ4n) is 7.02. The van der Waals surface area contributed by atoms with Crippen molar-refractivity contribution in [1.82, 2.24) is 15.3 Å². The van der Waals surface area contributed by atoms with Gasteiger partial charge in [0.05, 0.1) is 0 Å². The zero-order valence-electron chi connectivity index (χ0n) is 28.9. The molecule has 254 valence electrons. The van der Waals surface area contributed by atoms with Gasteiger partial charge in [-0.15, -0.1) is 0 Å². The number of carbonyl (C=O) groups is 2. The van der Waals surface area contributed by atoms with E-state index >= 15 is 0 Å². The van der Waals surface area contributed by atoms with Crippen LogP contribution in [0.3, 0.4) is 0 Å². The summed E-state index contributed by atoms with van der Waals surface area (Å²) < 4.78 is 11.9. The maximum Gasteiger partial charge on any atom is 0.407 e. The molecule has 3 aromatic rings. The molecule has 47 heavy (non-hydrogen) atoms. The quantitative estimate of drug-likeness (QED) is 0.186. The summed E-state index contributed by atoms with van der Waals surface area (Å²) in [5.74, 6) is 0.368. The lowest BCUT2D eigenvalue weighted by molar-refractivity contribution is -0.186. The highest BCUT2D eigenvalue weighted by Gasteiger charge is 2.44. The van der Waals surface area contributed by atoms with Crippen molar-refractivity contribution in [2.24, 2.45) is 10.8 Å². The Balaban J connectivity index is 1.63. The number of hydroxylamine groups is 1. The SMILES string of the molecule is CN(C)CC(C)(C)C(N(CC(=Cc1ccc(C(=O)NOC2CCCCO2)cc1)COc1cccc2ccccc12)C(=O)O)C(C)(C)C. The zero-order chi connectivity index (χ0) is 34.2. The number of amides is 2. The van der Waals surface area contributed by atoms with Gasteiger partial charge in [-0.25, -0.2) is 15.1 Å². The summed E-state index contributed by atoms with van der Waals surface area (Å²) in [5, 5.41) is 12.7. The van der Waals surface area contributed by atoms with E-state index in [4.69, 9.17) is 14.3 Å². The number of carbonyl (C=O) groups excluding carboxylic acids is 1. The second kappa shape index (κ2) is 15.8. The maximum absolute atomic E-state index is 13.0. The molecule has 1 aliphatic rings. The zero-order valence-corrected chi connectivity index (χ0v) is 28.9. The van der Waals surface area contributed by atoms with Gasteiger partial charge < -0.3 is 24.4 Å². The van der Waals surface area contributed by atoms with Gasteiger partial charge in [0.2, 0.25) is 0 Å². The van der Waals surface area contributed by atoms with E-state index in [2.05, 4.69) is 45.0 Å². The van der Waals surface area contributed by atoms with Crippen LogP contribution in [-0.4, -0.2) is 79.6 Å². The largest absolute Gasteiger partial charge is 0.489 e. The van der Waals surface area contributed by atoms with Crippen LogP contribution in [0.15, 0.2) is 72.3 Å². The summed E-state index contributed by atoms with van der Waals surface area (Å²) in [6.07, 6.45) is 3.26. The van der Waals surface area contributed by atoms with Crippen molar-refractivity contribution in [2.45, 2.75) is 66.2 Å². The van der Waals surface area contributed by atoms with Crippen molar-refractivity contribution in [3.05, 3.63) is 83.4 Å². The molecular formula is C38H51N3O6. The van der Waals surface area contributed by atoms with Gasteiger partial charge in [0.25, 0.3) is 5.91 Å². The molecule has 9 heteroatoms. The Morgan fingerprint density at radius 3 is 2.34 bits per heavy atom. The summed E-state index contributed by atoms with van der Waals surface area (Å²) in [6, 6.07) is 20.8. The number of carboxylic acid groups (broad SMARTS) is 1. The lowest BCUT2D eigenvalue weighted by Gasteiger charge is -2.49. The molecule has 0 saturated carbocycles. The Labute approximate surface area is 279 Å². The Kier molecular flexibility index (Phi) is 12.1. The molecule has 0 radical (unpaired) electrons. The molecule has 1 fully saturated rings. The molecule has 0 spiro atoms. The second-order valence-electron chi connectivity index (χ2n) is 14.4. The number of rotatable bonds is 13. The Morgan fingerprint density at radius 1 is 1.00 bits per heavy atom. The van der Waals surface area contributed by atoms with E-state index in [1.54, 1.807) is 17.0 Å². The van der Waals surface area contributed by atoms with E-state index in [9.17, 15) is 14.7 Å². The van der Waals surface area contributed by atoms with E-state index in [0.29, 0.717) is 18.7 Å². The molecule has 0 aromatic heterocycles. The van der Waals surface area contributed by atoms with Crippen molar-refractivity contribution in [2.75, 3.05) is 40.4 Å². The molecule has 1 aliphatic heterocycles. The van der Waals surface area contributed by atoms with Gasteiger partial charge in [-0.05, 0) is 72.5 Å². The molecule has 3 aromatic carbocycles. The van der Waals surface area contributed by atoms with E-state index in [1.807, 2.05) is 74.8 Å². The van der Waals surface area contributed by atoms with Crippen LogP contribution in [0.25, 0.3) is 16.8 Å². The highest BCUT2D eigenvalue weighted by Crippen LogP contribution is 2.39. The first-order chi connectivity index (χ1) is 22.2. The molecule has 4 rings (SSSR count). The Morgan fingerprint density at radius 2 is 1.70 bits per heavy atom. The van der Waals surface area contributed by atoms with Crippen LogP contribution in [0.5, 0.6) is 5.75 Å². The summed E-state index contributed by atoms with van der Waals surface area (Å²) in [4.78, 5) is 34.9. The lowest BCUT2D eigenvalue weighted by Crippen LogP contribution is -2.57. The third-order valence-electron chi connectivity index (χ3n) is 8.34. The fourth-order valence-corrected chi connectivity index (χ4v) is 7.02. The molecular weight excluding hydrogens is 594 g/mol. The average Bonchev–Trinajstić information content (AvgIpc) is 3.01. The minimum Gasteiger partial charge on any atom is -0.489 e. The van der Waals surface area contributed by atoms with Crippen molar-refractivity contribution in [1.29, 1.82) is 0 Å². The standard InChI is InChI=1S/C38H51N3O6/c1-37(2,3)35(38(4,5)26-40(6)7)41(36(43)44)24-28(25-46-32-16-12-14-29-13-8-9-15-31(29)32)23-27-18-20-30(21-19-27)34(42)39-47-33-17-10-11-22-45-33/h8-9,12-16,18-21,23,33,35H,10-11,17,22,24-26H2,1-7H3,(H,39,42)(H,43,44). The molecule has 2 unspecified atom stereocenters. The average molecular weight is 646 g/mol. The van der Waals surface area contributed by atoms with Gasteiger partial charge in [-0.2, -0.15) is 0 Å². The van der Waals surface area contributed by atoms with Gasteiger partial charge in [0.15, 0.2) is 6.29 Å². The van der Waals surface area contributed by atoms with Crippen molar-refractivity contribution < 1.29 is 29.0 Å². The predicted octanol–water partition coefficient (Wildman–Crippen LogP) is 7.47. The van der Waals surface area contributed by atoms with Crippen molar-refractivity contribution >= 4 is 28.8 Å². The summed E-state index contributed by atoms with van der Waals surface area (Å²) >= 11 is 0. The smallest absolute Gasteiger partial charge is 0.407 e. The van der Waals surface area contributed by atoms with Gasteiger partial charge in [-0.3, -0.25) is 4.79 Å². The van der Waals surface area contributed by atoms with E-state index < -0.39 is 12.4 Å². The molecule has 2 amide bonds. The van der Waals surface area contributed by atoms with Crippen molar-refractivity contribution in [3.8, 4) is 5.75 Å². The number of nitrogens with zero attached hydrogens (tertiary/aromatic N) is 2. The van der Waals surface area contributed by atoms with E-state index in [1.165, 1.54) is 0 Å². The Hall–Kier alpha value is -3.92. The number of fused-ring (bicyclic) bond motifs is 1. The van der Waals surface area contributed by atoms with Crippen LogP contribution in [0.2, 0.25) is 0 Å². The first kappa shape index (κ1) is 35.9. The highest BCUT2D eigenvalue weighted by atomic mass is 16.8. The summed E-state index contributed by atoms with van der Waals surface area (Å²) in [7, 11) is 4.02. The molecule has 2 N–H and O–H groups in total. The van der Waals surface area contributed by atoms with Crippen LogP contribution in [0, 0.1) is 10.8 Å². The van der Waals surface area contributed by atoms with Crippen LogP contribution >= 0.6 is 0 Å². The van der Waals surface area contributed by atoms with Crippen LogP contribution in [-0.2, 0) is 9.57 Å². The maximum atomic E-state index is 13.0. The molecule has 9 nitrogen and oxygen atoms in total. The number of hydrogen-bond acceptors (Lipinski definition) is 6. The summed E-state index contributed by atoms with van der Waals surface area (Å²) in [6.45, 7) is 12.2. The predicted molar refractivity (Wildman–Crippen MR) is 186 cm³/mol. The van der Waals surface area contributed by atoms with Crippen LogP contribution in [0.1, 0.15) is 69.8 Å².